The molecule has 0 unspecified atom stereocenters. The Bertz CT molecular complexity index is 651. The van der Waals surface area contributed by atoms with Crippen LogP contribution in [-0.4, -0.2) is 4.75 Å². The summed E-state index contributed by atoms with van der Waals surface area (Å²) >= 11 is 1.94. The minimum Gasteiger partial charge on any atom is -0.356 e. The average Bonchev–Trinajstić information content (AvgIpc) is 2.63. The Hall–Kier alpha value is -1.41. The largest absolute Gasteiger partial charge is 0.356 e. The number of thioether (sulfide) groups is 1. The maximum absolute atomic E-state index is 3.51. The van der Waals surface area contributed by atoms with E-state index in [1.54, 1.807) is 0 Å². The van der Waals surface area contributed by atoms with Crippen molar-refractivity contribution < 1.29 is 0 Å². The van der Waals surface area contributed by atoms with Gasteiger partial charge >= 0.3 is 0 Å². The molecule has 0 fully saturated rings. The van der Waals surface area contributed by atoms with Gasteiger partial charge in [0.05, 0.1) is 0 Å². The molecule has 0 aromatic heterocycles. The Morgan fingerprint density at radius 1 is 0.720 bits per heavy atom. The van der Waals surface area contributed by atoms with Gasteiger partial charge in [-0.05, 0) is 66.6 Å². The molecule has 2 heteroatoms. The highest BCUT2D eigenvalue weighted by Gasteiger charge is 2.21. The highest BCUT2D eigenvalue weighted by atomic mass is 32.2. The van der Waals surface area contributed by atoms with Crippen LogP contribution in [0.3, 0.4) is 0 Å². The maximum Gasteiger partial charge on any atom is 0.0385 e. The van der Waals surface area contributed by atoms with E-state index in [-0.39, 0.29) is 10.2 Å². The summed E-state index contributed by atoms with van der Waals surface area (Å²) in [6.45, 7) is 13.7. The van der Waals surface area contributed by atoms with Crippen molar-refractivity contribution in [2.75, 3.05) is 5.32 Å². The topological polar surface area (TPSA) is 12.0 Å². The third-order valence-electron chi connectivity index (χ3n) is 5.53. The van der Waals surface area contributed by atoms with Gasteiger partial charge in [0.25, 0.3) is 0 Å². The van der Waals surface area contributed by atoms with Crippen LogP contribution in [0.25, 0.3) is 0 Å². The Morgan fingerprint density at radius 2 is 1.20 bits per heavy atom. The zero-order chi connectivity index (χ0) is 18.5. The number of rotatable bonds is 8. The number of anilines is 2. The second kappa shape index (κ2) is 8.31. The first-order valence-electron chi connectivity index (χ1n) is 9.48. The smallest absolute Gasteiger partial charge is 0.0385 e. The van der Waals surface area contributed by atoms with E-state index in [9.17, 15) is 0 Å². The van der Waals surface area contributed by atoms with Gasteiger partial charge < -0.3 is 5.32 Å². The fourth-order valence-electron chi connectivity index (χ4n) is 2.78. The number of hydrogen-bond donors (Lipinski definition) is 1. The molecule has 2 aromatic carbocycles. The molecule has 0 aliphatic rings. The van der Waals surface area contributed by atoms with Crippen LogP contribution < -0.4 is 5.32 Å². The summed E-state index contributed by atoms with van der Waals surface area (Å²) in [6.07, 6.45) is 3.51. The number of hydrogen-bond acceptors (Lipinski definition) is 2. The normalized spacial score (nSPS) is 12.2. The van der Waals surface area contributed by atoms with Gasteiger partial charge in [-0.25, -0.2) is 0 Å². The summed E-state index contributed by atoms with van der Waals surface area (Å²) in [7, 11) is 0. The van der Waals surface area contributed by atoms with Crippen molar-refractivity contribution in [1.29, 1.82) is 0 Å². The minimum atomic E-state index is 0.281. The van der Waals surface area contributed by atoms with E-state index in [1.807, 2.05) is 11.8 Å². The summed E-state index contributed by atoms with van der Waals surface area (Å²) in [5.74, 6) is 0. The Morgan fingerprint density at radius 3 is 1.64 bits per heavy atom. The SMILES string of the molecule is CCC(C)(C)Sc1ccc(Nc2ccc(C(C)(CC)CC)cc2)cc1. The summed E-state index contributed by atoms with van der Waals surface area (Å²) in [5.41, 5.74) is 3.99. The van der Waals surface area contributed by atoms with Crippen molar-refractivity contribution in [2.45, 2.75) is 75.9 Å². The number of nitrogens with one attached hydrogen (secondary N) is 1. The summed E-state index contributed by atoms with van der Waals surface area (Å²) < 4.78 is 0.288. The van der Waals surface area contributed by atoms with Gasteiger partial charge in [0.2, 0.25) is 0 Å². The van der Waals surface area contributed by atoms with Crippen LogP contribution in [0.1, 0.15) is 66.4 Å². The predicted molar refractivity (Wildman–Crippen MR) is 114 cm³/mol. The Labute approximate surface area is 158 Å². The van der Waals surface area contributed by atoms with E-state index >= 15 is 0 Å². The van der Waals surface area contributed by atoms with Crippen LogP contribution in [0, 0.1) is 0 Å². The standard InChI is InChI=1S/C23H33NS/c1-7-22(4,5)25-21-16-14-20(15-17-21)24-19-12-10-18(11-13-19)23(6,8-2)9-3/h10-17,24H,7-9H2,1-6H3. The first-order valence-corrected chi connectivity index (χ1v) is 10.3. The molecule has 25 heavy (non-hydrogen) atoms. The first-order chi connectivity index (χ1) is 11.8. The number of benzene rings is 2. The third kappa shape index (κ3) is 5.28. The molecule has 2 aromatic rings. The van der Waals surface area contributed by atoms with Crippen LogP contribution >= 0.6 is 11.8 Å². The Kier molecular flexibility index (Phi) is 6.62. The van der Waals surface area contributed by atoms with Crippen LogP contribution in [-0.2, 0) is 5.41 Å². The van der Waals surface area contributed by atoms with E-state index < -0.39 is 0 Å². The van der Waals surface area contributed by atoms with Crippen molar-refractivity contribution in [3.8, 4) is 0 Å². The van der Waals surface area contributed by atoms with Gasteiger partial charge in [-0.3, -0.25) is 0 Å². The van der Waals surface area contributed by atoms with Crippen LogP contribution in [0.5, 0.6) is 0 Å². The van der Waals surface area contributed by atoms with Crippen LogP contribution in [0.4, 0.5) is 11.4 Å². The van der Waals surface area contributed by atoms with E-state index in [1.165, 1.54) is 29.7 Å². The van der Waals surface area contributed by atoms with Crippen molar-refractivity contribution in [2.24, 2.45) is 0 Å². The quantitative estimate of drug-likeness (QED) is 0.485. The Balaban J connectivity index is 2.05. The van der Waals surface area contributed by atoms with Gasteiger partial charge in [-0.15, -0.1) is 11.8 Å². The molecule has 0 spiro atoms. The summed E-state index contributed by atoms with van der Waals surface area (Å²) in [6, 6.07) is 17.7. The lowest BCUT2D eigenvalue weighted by Crippen LogP contribution is -2.19. The van der Waals surface area contributed by atoms with Gasteiger partial charge in [-0.2, -0.15) is 0 Å². The van der Waals surface area contributed by atoms with Crippen molar-refractivity contribution in [3.05, 3.63) is 54.1 Å². The fourth-order valence-corrected chi connectivity index (χ4v) is 3.83. The molecule has 0 saturated heterocycles. The van der Waals surface area contributed by atoms with E-state index in [4.69, 9.17) is 0 Å². The van der Waals surface area contributed by atoms with E-state index in [2.05, 4.69) is 95.4 Å². The molecule has 136 valence electrons. The van der Waals surface area contributed by atoms with E-state index in [0.717, 1.165) is 11.4 Å². The van der Waals surface area contributed by atoms with Crippen molar-refractivity contribution in [3.63, 3.8) is 0 Å². The molecule has 2 rings (SSSR count). The van der Waals surface area contributed by atoms with Crippen LogP contribution in [0.2, 0.25) is 0 Å². The highest BCUT2D eigenvalue weighted by Crippen LogP contribution is 2.36. The van der Waals surface area contributed by atoms with Gasteiger partial charge in [0.1, 0.15) is 0 Å². The molecule has 0 aliphatic heterocycles. The lowest BCUT2D eigenvalue weighted by atomic mass is 9.78. The molecule has 1 nitrogen and oxygen atoms in total. The second-order valence-corrected chi connectivity index (χ2v) is 9.49. The van der Waals surface area contributed by atoms with Gasteiger partial charge in [0, 0.05) is 21.0 Å². The average molecular weight is 356 g/mol. The van der Waals surface area contributed by atoms with Gasteiger partial charge in [0.15, 0.2) is 0 Å². The first kappa shape index (κ1) is 19.9. The molecule has 1 N–H and O–H groups in total. The molecular formula is C23H33NS. The third-order valence-corrected chi connectivity index (χ3v) is 6.88. The second-order valence-electron chi connectivity index (χ2n) is 7.71. The zero-order valence-corrected chi connectivity index (χ0v) is 17.5. The summed E-state index contributed by atoms with van der Waals surface area (Å²) in [4.78, 5) is 1.33. The summed E-state index contributed by atoms with van der Waals surface area (Å²) in [5, 5.41) is 3.51. The molecule has 0 radical (unpaired) electrons. The van der Waals surface area contributed by atoms with Crippen molar-refractivity contribution in [1.82, 2.24) is 0 Å². The lowest BCUT2D eigenvalue weighted by molar-refractivity contribution is 0.439. The monoisotopic (exact) mass is 355 g/mol. The predicted octanol–water partition coefficient (Wildman–Crippen LogP) is 7.79. The minimum absolute atomic E-state index is 0.281. The zero-order valence-electron chi connectivity index (χ0n) is 16.6. The van der Waals surface area contributed by atoms with Crippen LogP contribution in [0.15, 0.2) is 53.4 Å². The van der Waals surface area contributed by atoms with Crippen molar-refractivity contribution >= 4 is 23.1 Å². The lowest BCUT2D eigenvalue weighted by Gasteiger charge is -2.27. The molecule has 0 heterocycles. The molecular weight excluding hydrogens is 322 g/mol. The molecule has 0 bridgehead atoms. The fraction of sp³-hybridized carbons (Fsp3) is 0.478. The molecule has 0 amide bonds. The van der Waals surface area contributed by atoms with E-state index in [0.29, 0.717) is 0 Å². The molecule has 0 aliphatic carbocycles. The highest BCUT2D eigenvalue weighted by molar-refractivity contribution is 8.00. The molecule has 0 atom stereocenters. The molecule has 0 saturated carbocycles. The van der Waals surface area contributed by atoms with Gasteiger partial charge in [-0.1, -0.05) is 53.7 Å². The maximum atomic E-state index is 3.51.